The van der Waals surface area contributed by atoms with Crippen LogP contribution < -0.4 is 5.32 Å². The summed E-state index contributed by atoms with van der Waals surface area (Å²) in [5.74, 6) is 1.78. The van der Waals surface area contributed by atoms with Gasteiger partial charge in [0.15, 0.2) is 11.8 Å². The average molecular weight is 483 g/mol. The fourth-order valence-electron chi connectivity index (χ4n) is 2.99. The van der Waals surface area contributed by atoms with Crippen LogP contribution >= 0.6 is 24.0 Å². The van der Waals surface area contributed by atoms with Crippen LogP contribution in [0.25, 0.3) is 11.4 Å². The normalized spacial score (nSPS) is 14.7. The highest BCUT2D eigenvalue weighted by Crippen LogP contribution is 2.16. The van der Waals surface area contributed by atoms with Gasteiger partial charge in [0.05, 0.1) is 6.54 Å². The van der Waals surface area contributed by atoms with Crippen LogP contribution in [0.3, 0.4) is 0 Å². The molecule has 0 spiro atoms. The van der Waals surface area contributed by atoms with Crippen LogP contribution in [0.2, 0.25) is 0 Å². The van der Waals surface area contributed by atoms with Crippen LogP contribution in [0.1, 0.15) is 19.4 Å². The standard InChI is InChI=1S/C18H25N7O.HI/c1-3-19-18(25-9-7-24(8-10-25)14(2)26)20-12-15-5-4-6-16(11-15)17-21-13-22-23-17;/h4-6,11,13H,3,7-10,12H2,1-2H3,(H,19,20)(H,21,22,23);1H. The molecule has 0 atom stereocenters. The molecule has 1 aliphatic rings. The molecule has 0 bridgehead atoms. The summed E-state index contributed by atoms with van der Waals surface area (Å²) >= 11 is 0. The van der Waals surface area contributed by atoms with Crippen molar-refractivity contribution in [2.24, 2.45) is 4.99 Å². The van der Waals surface area contributed by atoms with E-state index in [2.05, 4.69) is 44.5 Å². The number of aliphatic imine (C=N–C) groups is 1. The lowest BCUT2D eigenvalue weighted by atomic mass is 10.1. The number of H-pyrrole nitrogens is 1. The molecule has 1 amide bonds. The summed E-state index contributed by atoms with van der Waals surface area (Å²) in [5.41, 5.74) is 2.10. The maximum absolute atomic E-state index is 11.5. The third kappa shape index (κ3) is 5.65. The zero-order chi connectivity index (χ0) is 18.4. The predicted octanol–water partition coefficient (Wildman–Crippen LogP) is 1.72. The average Bonchev–Trinajstić information content (AvgIpc) is 3.20. The van der Waals surface area contributed by atoms with E-state index in [0.717, 1.165) is 55.6 Å². The molecule has 1 aromatic heterocycles. The molecule has 0 saturated carbocycles. The minimum absolute atomic E-state index is 0. The third-order valence-electron chi connectivity index (χ3n) is 4.39. The molecule has 2 N–H and O–H groups in total. The largest absolute Gasteiger partial charge is 0.357 e. The number of nitrogens with one attached hydrogen (secondary N) is 2. The van der Waals surface area contributed by atoms with E-state index < -0.39 is 0 Å². The number of piperazine rings is 1. The van der Waals surface area contributed by atoms with Gasteiger partial charge in [0, 0.05) is 45.2 Å². The number of halogens is 1. The predicted molar refractivity (Wildman–Crippen MR) is 116 cm³/mol. The van der Waals surface area contributed by atoms with Crippen molar-refractivity contribution in [2.75, 3.05) is 32.7 Å². The van der Waals surface area contributed by atoms with E-state index in [9.17, 15) is 4.79 Å². The van der Waals surface area contributed by atoms with Crippen molar-refractivity contribution >= 4 is 35.8 Å². The summed E-state index contributed by atoms with van der Waals surface area (Å²) < 4.78 is 0. The Morgan fingerprint density at radius 1 is 1.26 bits per heavy atom. The van der Waals surface area contributed by atoms with Crippen LogP contribution in [-0.2, 0) is 11.3 Å². The first-order chi connectivity index (χ1) is 12.7. The van der Waals surface area contributed by atoms with Gasteiger partial charge in [-0.25, -0.2) is 9.98 Å². The Kier molecular flexibility index (Phi) is 8.01. The van der Waals surface area contributed by atoms with E-state index in [1.807, 2.05) is 17.0 Å². The van der Waals surface area contributed by atoms with E-state index in [0.29, 0.717) is 6.54 Å². The van der Waals surface area contributed by atoms with Crippen LogP contribution in [-0.4, -0.2) is 69.6 Å². The zero-order valence-electron chi connectivity index (χ0n) is 15.7. The highest BCUT2D eigenvalue weighted by Gasteiger charge is 2.20. The number of carbonyl (C=O) groups is 1. The lowest BCUT2D eigenvalue weighted by Gasteiger charge is -2.36. The molecule has 146 valence electrons. The Labute approximate surface area is 176 Å². The monoisotopic (exact) mass is 483 g/mol. The maximum Gasteiger partial charge on any atom is 0.219 e. The quantitative estimate of drug-likeness (QED) is 0.393. The van der Waals surface area contributed by atoms with Gasteiger partial charge in [-0.05, 0) is 18.6 Å². The third-order valence-corrected chi connectivity index (χ3v) is 4.39. The van der Waals surface area contributed by atoms with Crippen molar-refractivity contribution in [1.29, 1.82) is 0 Å². The lowest BCUT2D eigenvalue weighted by Crippen LogP contribution is -2.53. The Bertz CT molecular complexity index is 755. The van der Waals surface area contributed by atoms with Crippen molar-refractivity contribution in [3.8, 4) is 11.4 Å². The number of carbonyl (C=O) groups excluding carboxylic acids is 1. The minimum atomic E-state index is 0. The SMILES string of the molecule is CCNC(=NCc1cccc(-c2ncn[nH]2)c1)N1CCN(C(C)=O)CC1.I. The molecule has 1 saturated heterocycles. The molecule has 3 rings (SSSR count). The highest BCUT2D eigenvalue weighted by molar-refractivity contribution is 14.0. The number of aromatic nitrogens is 3. The lowest BCUT2D eigenvalue weighted by molar-refractivity contribution is -0.130. The highest BCUT2D eigenvalue weighted by atomic mass is 127. The number of hydrogen-bond donors (Lipinski definition) is 2. The summed E-state index contributed by atoms with van der Waals surface area (Å²) in [5, 5.41) is 10.1. The number of benzene rings is 1. The van der Waals surface area contributed by atoms with Gasteiger partial charge >= 0.3 is 0 Å². The summed E-state index contributed by atoms with van der Waals surface area (Å²) in [6.07, 6.45) is 1.50. The zero-order valence-corrected chi connectivity index (χ0v) is 18.0. The molecule has 1 aromatic carbocycles. The molecule has 1 fully saturated rings. The van der Waals surface area contributed by atoms with Crippen LogP contribution in [0.4, 0.5) is 0 Å². The molecule has 1 aliphatic heterocycles. The first-order valence-corrected chi connectivity index (χ1v) is 8.91. The Morgan fingerprint density at radius 3 is 2.63 bits per heavy atom. The topological polar surface area (TPSA) is 89.5 Å². The smallest absolute Gasteiger partial charge is 0.219 e. The van der Waals surface area contributed by atoms with Gasteiger partial charge in [-0.3, -0.25) is 9.89 Å². The van der Waals surface area contributed by atoms with Crippen LogP contribution in [0.5, 0.6) is 0 Å². The molecular weight excluding hydrogens is 457 g/mol. The van der Waals surface area contributed by atoms with E-state index in [1.165, 1.54) is 6.33 Å². The van der Waals surface area contributed by atoms with E-state index in [4.69, 9.17) is 4.99 Å². The maximum atomic E-state index is 11.5. The Morgan fingerprint density at radius 2 is 2.00 bits per heavy atom. The van der Waals surface area contributed by atoms with Crippen molar-refractivity contribution in [1.82, 2.24) is 30.3 Å². The Balaban J connectivity index is 0.00000261. The van der Waals surface area contributed by atoms with E-state index >= 15 is 0 Å². The molecule has 0 aliphatic carbocycles. The summed E-state index contributed by atoms with van der Waals surface area (Å²) in [6.45, 7) is 8.14. The number of guanidine groups is 1. The summed E-state index contributed by atoms with van der Waals surface area (Å²) in [6, 6.07) is 8.13. The van der Waals surface area contributed by atoms with Crippen LogP contribution in [0, 0.1) is 0 Å². The van der Waals surface area contributed by atoms with Gasteiger partial charge in [0.2, 0.25) is 5.91 Å². The minimum Gasteiger partial charge on any atom is -0.357 e. The number of rotatable bonds is 4. The fourth-order valence-corrected chi connectivity index (χ4v) is 2.99. The number of hydrogen-bond acceptors (Lipinski definition) is 4. The molecule has 2 aromatic rings. The number of amides is 1. The van der Waals surface area contributed by atoms with Gasteiger partial charge in [-0.15, -0.1) is 24.0 Å². The van der Waals surface area contributed by atoms with Gasteiger partial charge in [0.1, 0.15) is 6.33 Å². The van der Waals surface area contributed by atoms with Gasteiger partial charge in [-0.2, -0.15) is 5.10 Å². The molecule has 9 heteroatoms. The van der Waals surface area contributed by atoms with Crippen molar-refractivity contribution < 1.29 is 4.79 Å². The molecule has 0 radical (unpaired) electrons. The van der Waals surface area contributed by atoms with Crippen LogP contribution in [0.15, 0.2) is 35.6 Å². The van der Waals surface area contributed by atoms with Crippen molar-refractivity contribution in [2.45, 2.75) is 20.4 Å². The summed E-state index contributed by atoms with van der Waals surface area (Å²) in [4.78, 5) is 24.6. The number of aromatic amines is 1. The molecule has 27 heavy (non-hydrogen) atoms. The first-order valence-electron chi connectivity index (χ1n) is 8.91. The summed E-state index contributed by atoms with van der Waals surface area (Å²) in [7, 11) is 0. The van der Waals surface area contributed by atoms with Gasteiger partial charge in [0.25, 0.3) is 0 Å². The van der Waals surface area contributed by atoms with E-state index in [1.54, 1.807) is 6.92 Å². The van der Waals surface area contributed by atoms with E-state index in [-0.39, 0.29) is 29.9 Å². The second-order valence-corrected chi connectivity index (χ2v) is 6.20. The fraction of sp³-hybridized carbons (Fsp3) is 0.444. The number of nitrogens with zero attached hydrogens (tertiary/aromatic N) is 5. The molecule has 0 unspecified atom stereocenters. The van der Waals surface area contributed by atoms with Crippen molar-refractivity contribution in [3.63, 3.8) is 0 Å². The second-order valence-electron chi connectivity index (χ2n) is 6.20. The van der Waals surface area contributed by atoms with Gasteiger partial charge in [-0.1, -0.05) is 18.2 Å². The molecule has 2 heterocycles. The molecule has 8 nitrogen and oxygen atoms in total. The second kappa shape index (κ2) is 10.2. The van der Waals surface area contributed by atoms with Crippen molar-refractivity contribution in [3.05, 3.63) is 36.2 Å². The molecular formula is C18H26IN7O. The van der Waals surface area contributed by atoms with Gasteiger partial charge < -0.3 is 15.1 Å². The Hall–Kier alpha value is -2.17. The first kappa shape index (κ1) is 21.1.